The van der Waals surface area contributed by atoms with E-state index in [1.807, 2.05) is 0 Å². The van der Waals surface area contributed by atoms with Gasteiger partial charge in [-0.1, -0.05) is 0 Å². The van der Waals surface area contributed by atoms with E-state index >= 15 is 0 Å². The summed E-state index contributed by atoms with van der Waals surface area (Å²) in [5.74, 6) is -1.29. The Bertz CT molecular complexity index is 394. The molecule has 0 saturated heterocycles. The summed E-state index contributed by atoms with van der Waals surface area (Å²) in [5.41, 5.74) is -1.70. The monoisotopic (exact) mass is 254 g/mol. The fraction of sp³-hybridized carbons (Fsp3) is 0.250. The van der Waals surface area contributed by atoms with E-state index in [9.17, 15) is 17.6 Å². The van der Waals surface area contributed by atoms with Crippen molar-refractivity contribution in [3.8, 4) is 0 Å². The number of benzene rings is 1. The Labute approximate surface area is 93.4 Å². The van der Waals surface area contributed by atoms with Crippen LogP contribution in [-0.4, -0.2) is 23.4 Å². The minimum atomic E-state index is -4.67. The lowest BCUT2D eigenvalue weighted by atomic mass is 9.79. The summed E-state index contributed by atoms with van der Waals surface area (Å²) in [6, 6.07) is 1.05. The van der Waals surface area contributed by atoms with Crippen molar-refractivity contribution in [2.45, 2.75) is 11.1 Å². The molecule has 0 aliphatic heterocycles. The molecule has 0 aliphatic carbocycles. The van der Waals surface area contributed by atoms with Crippen LogP contribution in [0.5, 0.6) is 0 Å². The zero-order valence-electron chi connectivity index (χ0n) is 8.05. The number of alkyl halides is 3. The van der Waals surface area contributed by atoms with E-state index in [0.717, 1.165) is 17.8 Å². The van der Waals surface area contributed by atoms with Gasteiger partial charge in [0.25, 0.3) is 0 Å². The Balaban J connectivity index is 3.38. The van der Waals surface area contributed by atoms with Crippen LogP contribution in [0, 0.1) is 5.82 Å². The first-order chi connectivity index (χ1) is 7.27. The molecular formula is C8H7BF4O2S. The lowest BCUT2D eigenvalue weighted by Crippen LogP contribution is -2.33. The van der Waals surface area contributed by atoms with E-state index in [-0.39, 0.29) is 11.0 Å². The summed E-state index contributed by atoms with van der Waals surface area (Å²) in [6.07, 6.45) is -3.28. The lowest BCUT2D eigenvalue weighted by molar-refractivity contribution is -0.139. The molecule has 16 heavy (non-hydrogen) atoms. The predicted octanol–water partition coefficient (Wildman–Crippen LogP) is 1.25. The van der Waals surface area contributed by atoms with Crippen molar-refractivity contribution in [3.63, 3.8) is 0 Å². The lowest BCUT2D eigenvalue weighted by Gasteiger charge is -2.13. The van der Waals surface area contributed by atoms with Crippen molar-refractivity contribution in [1.29, 1.82) is 0 Å². The molecule has 8 heteroatoms. The standard InChI is InChI=1S/C8H7BF4O2S/c1-16-7-3-5(9(14)15)6(10)2-4(7)8(11,12)13/h2-3,14-15H,1H3. The second kappa shape index (κ2) is 4.64. The van der Waals surface area contributed by atoms with Gasteiger partial charge in [-0.2, -0.15) is 13.2 Å². The zero-order valence-corrected chi connectivity index (χ0v) is 8.86. The highest BCUT2D eigenvalue weighted by Gasteiger charge is 2.35. The summed E-state index contributed by atoms with van der Waals surface area (Å²) < 4.78 is 50.4. The van der Waals surface area contributed by atoms with Gasteiger partial charge in [0.05, 0.1) is 5.56 Å². The first-order valence-electron chi connectivity index (χ1n) is 4.08. The molecule has 0 heterocycles. The molecule has 0 spiro atoms. The number of hydrogen-bond donors (Lipinski definition) is 2. The van der Waals surface area contributed by atoms with Crippen molar-refractivity contribution >= 4 is 24.3 Å². The van der Waals surface area contributed by atoms with Crippen LogP contribution < -0.4 is 5.46 Å². The molecule has 0 atom stereocenters. The Morgan fingerprint density at radius 2 is 1.81 bits per heavy atom. The maximum atomic E-state index is 13.1. The van der Waals surface area contributed by atoms with Gasteiger partial charge in [-0.15, -0.1) is 11.8 Å². The molecule has 0 fully saturated rings. The highest BCUT2D eigenvalue weighted by molar-refractivity contribution is 7.98. The van der Waals surface area contributed by atoms with E-state index in [0.29, 0.717) is 0 Å². The third kappa shape index (κ3) is 2.69. The highest BCUT2D eigenvalue weighted by Crippen LogP contribution is 2.35. The van der Waals surface area contributed by atoms with Crippen LogP contribution in [0.4, 0.5) is 17.6 Å². The Hall–Kier alpha value is -0.725. The summed E-state index contributed by atoms with van der Waals surface area (Å²) in [6.45, 7) is 0. The average molecular weight is 254 g/mol. The van der Waals surface area contributed by atoms with Crippen molar-refractivity contribution in [2.24, 2.45) is 0 Å². The number of rotatable bonds is 2. The normalized spacial score (nSPS) is 11.7. The molecule has 0 amide bonds. The second-order valence-corrected chi connectivity index (χ2v) is 3.79. The van der Waals surface area contributed by atoms with E-state index in [4.69, 9.17) is 10.0 Å². The first kappa shape index (κ1) is 13.3. The van der Waals surface area contributed by atoms with Gasteiger partial charge in [0.1, 0.15) is 5.82 Å². The van der Waals surface area contributed by atoms with Gasteiger partial charge in [-0.3, -0.25) is 0 Å². The van der Waals surface area contributed by atoms with Crippen LogP contribution in [0.15, 0.2) is 17.0 Å². The largest absolute Gasteiger partial charge is 0.491 e. The molecule has 2 nitrogen and oxygen atoms in total. The summed E-state index contributed by atoms with van der Waals surface area (Å²) in [5, 5.41) is 17.5. The van der Waals surface area contributed by atoms with Crippen molar-refractivity contribution in [2.75, 3.05) is 6.26 Å². The Morgan fingerprint density at radius 3 is 2.19 bits per heavy atom. The summed E-state index contributed by atoms with van der Waals surface area (Å²) in [7, 11) is -2.13. The second-order valence-electron chi connectivity index (χ2n) is 2.95. The quantitative estimate of drug-likeness (QED) is 0.474. The maximum Gasteiger partial charge on any atom is 0.491 e. The van der Waals surface area contributed by atoms with Gasteiger partial charge in [0.15, 0.2) is 0 Å². The van der Waals surface area contributed by atoms with Crippen LogP contribution in [-0.2, 0) is 6.18 Å². The Morgan fingerprint density at radius 1 is 1.25 bits per heavy atom. The number of hydrogen-bond acceptors (Lipinski definition) is 3. The van der Waals surface area contributed by atoms with Crippen molar-refractivity contribution < 1.29 is 27.6 Å². The van der Waals surface area contributed by atoms with Gasteiger partial charge < -0.3 is 10.0 Å². The van der Waals surface area contributed by atoms with Crippen LogP contribution in [0.1, 0.15) is 5.56 Å². The molecular weight excluding hydrogens is 247 g/mol. The molecule has 2 N–H and O–H groups in total. The minimum Gasteiger partial charge on any atom is -0.423 e. The third-order valence-corrected chi connectivity index (χ3v) is 2.68. The van der Waals surface area contributed by atoms with Crippen molar-refractivity contribution in [1.82, 2.24) is 0 Å². The van der Waals surface area contributed by atoms with Crippen LogP contribution in [0.2, 0.25) is 0 Å². The fourth-order valence-electron chi connectivity index (χ4n) is 1.16. The van der Waals surface area contributed by atoms with E-state index < -0.39 is 30.1 Å². The maximum absolute atomic E-state index is 13.1. The summed E-state index contributed by atoms with van der Waals surface area (Å²) in [4.78, 5) is -0.253. The van der Waals surface area contributed by atoms with E-state index in [1.54, 1.807) is 0 Å². The molecule has 1 rings (SSSR count). The Kier molecular flexibility index (Phi) is 3.87. The molecule has 0 aliphatic rings. The van der Waals surface area contributed by atoms with Crippen LogP contribution in [0.3, 0.4) is 0 Å². The number of halogens is 4. The molecule has 0 aromatic heterocycles. The molecule has 0 radical (unpaired) electrons. The van der Waals surface area contributed by atoms with Gasteiger partial charge in [0.2, 0.25) is 0 Å². The molecule has 1 aromatic carbocycles. The predicted molar refractivity (Wildman–Crippen MR) is 53.0 cm³/mol. The molecule has 0 unspecified atom stereocenters. The molecule has 1 aromatic rings. The molecule has 0 saturated carbocycles. The van der Waals surface area contributed by atoms with E-state index in [2.05, 4.69) is 0 Å². The third-order valence-electron chi connectivity index (χ3n) is 1.90. The topological polar surface area (TPSA) is 40.5 Å². The SMILES string of the molecule is CSc1cc(B(O)O)c(F)cc1C(F)(F)F. The zero-order chi connectivity index (χ0) is 12.5. The number of thioether (sulfide) groups is 1. The molecule has 0 bridgehead atoms. The summed E-state index contributed by atoms with van der Waals surface area (Å²) >= 11 is 0.754. The van der Waals surface area contributed by atoms with Gasteiger partial charge in [-0.05, 0) is 18.4 Å². The highest BCUT2D eigenvalue weighted by atomic mass is 32.2. The minimum absolute atomic E-state index is 0.253. The van der Waals surface area contributed by atoms with E-state index in [1.165, 1.54) is 6.26 Å². The van der Waals surface area contributed by atoms with Gasteiger partial charge >= 0.3 is 13.3 Å². The van der Waals surface area contributed by atoms with Crippen LogP contribution in [0.25, 0.3) is 0 Å². The fourth-order valence-corrected chi connectivity index (χ4v) is 1.80. The van der Waals surface area contributed by atoms with Gasteiger partial charge in [-0.25, -0.2) is 4.39 Å². The van der Waals surface area contributed by atoms with Crippen molar-refractivity contribution in [3.05, 3.63) is 23.5 Å². The van der Waals surface area contributed by atoms with Gasteiger partial charge in [0, 0.05) is 10.4 Å². The smallest absolute Gasteiger partial charge is 0.423 e. The molecule has 88 valence electrons. The average Bonchev–Trinajstić information content (AvgIpc) is 2.15. The van der Waals surface area contributed by atoms with Crippen LogP contribution >= 0.6 is 11.8 Å². The first-order valence-corrected chi connectivity index (χ1v) is 5.30.